The molecule has 0 fully saturated rings. The van der Waals surface area contributed by atoms with E-state index >= 15 is 0 Å². The number of hydrogen-bond donors (Lipinski definition) is 0. The summed E-state index contributed by atoms with van der Waals surface area (Å²) in [5, 5.41) is 0. The molecule has 0 saturated heterocycles. The molecular formula is C22H32N2O8. The van der Waals surface area contributed by atoms with Crippen LogP contribution in [0.1, 0.15) is 27.7 Å². The molecule has 0 saturated carbocycles. The molecule has 0 unspecified atom stereocenters. The molecule has 0 radical (unpaired) electrons. The second kappa shape index (κ2) is 14.7. The van der Waals surface area contributed by atoms with Gasteiger partial charge in [0.1, 0.15) is 26.2 Å². The molecule has 0 aliphatic rings. The molecule has 10 heteroatoms. The Hall–Kier alpha value is -3.30. The van der Waals surface area contributed by atoms with Crippen LogP contribution in [0.15, 0.2) is 24.3 Å². The highest BCUT2D eigenvalue weighted by atomic mass is 16.5. The van der Waals surface area contributed by atoms with Crippen LogP contribution in [0.5, 0.6) is 0 Å². The molecule has 10 nitrogen and oxygen atoms in total. The molecular weight excluding hydrogens is 420 g/mol. The quantitative estimate of drug-likeness (QED) is 0.304. The van der Waals surface area contributed by atoms with E-state index in [1.54, 1.807) is 52.0 Å². The number of benzene rings is 1. The first-order valence-corrected chi connectivity index (χ1v) is 10.6. The first-order chi connectivity index (χ1) is 15.4. The largest absolute Gasteiger partial charge is 0.465 e. The molecule has 1 aromatic rings. The number of rotatable bonds is 14. The van der Waals surface area contributed by atoms with Gasteiger partial charge in [-0.25, -0.2) is 0 Å². The molecule has 0 heterocycles. The van der Waals surface area contributed by atoms with Crippen molar-refractivity contribution in [2.75, 3.05) is 62.4 Å². The van der Waals surface area contributed by atoms with Crippen LogP contribution in [-0.2, 0) is 38.1 Å². The Bertz CT molecular complexity index is 665. The molecule has 1 aromatic carbocycles. The highest BCUT2D eigenvalue weighted by Crippen LogP contribution is 2.29. The molecule has 0 aliphatic heterocycles. The fourth-order valence-corrected chi connectivity index (χ4v) is 2.90. The Labute approximate surface area is 188 Å². The number of carbonyl (C=O) groups is 4. The van der Waals surface area contributed by atoms with Gasteiger partial charge in [-0.1, -0.05) is 12.1 Å². The third-order valence-electron chi connectivity index (χ3n) is 4.06. The predicted octanol–water partition coefficient (Wildman–Crippen LogP) is 1.55. The zero-order valence-electron chi connectivity index (χ0n) is 19.1. The predicted molar refractivity (Wildman–Crippen MR) is 117 cm³/mol. The normalized spacial score (nSPS) is 10.1. The van der Waals surface area contributed by atoms with Crippen LogP contribution in [0.25, 0.3) is 0 Å². The number of ether oxygens (including phenoxy) is 4. The highest BCUT2D eigenvalue weighted by Gasteiger charge is 2.24. The topological polar surface area (TPSA) is 112 Å². The number of esters is 4. The summed E-state index contributed by atoms with van der Waals surface area (Å²) in [6, 6.07) is 6.79. The molecule has 0 bridgehead atoms. The maximum absolute atomic E-state index is 12.2. The highest BCUT2D eigenvalue weighted by molar-refractivity contribution is 5.88. The lowest BCUT2D eigenvalue weighted by Crippen LogP contribution is -2.40. The molecule has 0 atom stereocenters. The monoisotopic (exact) mass is 452 g/mol. The van der Waals surface area contributed by atoms with Gasteiger partial charge in [0, 0.05) is 0 Å². The van der Waals surface area contributed by atoms with Crippen molar-refractivity contribution in [3.8, 4) is 0 Å². The number of nitrogens with zero attached hydrogens (tertiary/aromatic N) is 2. The lowest BCUT2D eigenvalue weighted by Gasteiger charge is -2.30. The van der Waals surface area contributed by atoms with E-state index in [0.717, 1.165) is 0 Å². The summed E-state index contributed by atoms with van der Waals surface area (Å²) in [5.74, 6) is -2.13. The smallest absolute Gasteiger partial charge is 0.325 e. The molecule has 1 rings (SSSR count). The minimum Gasteiger partial charge on any atom is -0.465 e. The van der Waals surface area contributed by atoms with Crippen LogP contribution in [0.4, 0.5) is 11.4 Å². The number of para-hydroxylation sites is 2. The lowest BCUT2D eigenvalue weighted by molar-refractivity contribution is -0.144. The minimum atomic E-state index is -0.533. The Morgan fingerprint density at radius 3 is 1.03 bits per heavy atom. The standard InChI is InChI=1S/C22H32N2O8/c1-5-29-19(25)13-23(14-20(26)30-6-2)17-11-9-10-12-18(17)24(15-21(27)31-7-3)16-22(28)32-8-4/h9-12H,5-8,13-16H2,1-4H3. The van der Waals surface area contributed by atoms with Crippen molar-refractivity contribution in [1.82, 2.24) is 0 Å². The number of anilines is 2. The summed E-state index contributed by atoms with van der Waals surface area (Å²) in [7, 11) is 0. The minimum absolute atomic E-state index is 0.186. The summed E-state index contributed by atoms with van der Waals surface area (Å²) in [5.41, 5.74) is 0.893. The molecule has 178 valence electrons. The van der Waals surface area contributed by atoms with Crippen LogP contribution in [0.2, 0.25) is 0 Å². The van der Waals surface area contributed by atoms with E-state index in [1.165, 1.54) is 9.80 Å². The number of carbonyl (C=O) groups excluding carboxylic acids is 4. The van der Waals surface area contributed by atoms with Gasteiger partial charge < -0.3 is 28.7 Å². The van der Waals surface area contributed by atoms with Crippen molar-refractivity contribution < 1.29 is 38.1 Å². The summed E-state index contributed by atoms with van der Waals surface area (Å²) >= 11 is 0. The third kappa shape index (κ3) is 9.23. The maximum Gasteiger partial charge on any atom is 0.325 e. The maximum atomic E-state index is 12.2. The van der Waals surface area contributed by atoms with Gasteiger partial charge in [0.15, 0.2) is 0 Å². The molecule has 0 N–H and O–H groups in total. The Kier molecular flexibility index (Phi) is 12.2. The van der Waals surface area contributed by atoms with Gasteiger partial charge >= 0.3 is 23.9 Å². The average Bonchev–Trinajstić information content (AvgIpc) is 2.73. The van der Waals surface area contributed by atoms with Crippen molar-refractivity contribution in [3.63, 3.8) is 0 Å². The number of hydrogen-bond acceptors (Lipinski definition) is 10. The van der Waals surface area contributed by atoms with E-state index in [9.17, 15) is 19.2 Å². The summed E-state index contributed by atoms with van der Waals surface area (Å²) in [4.78, 5) is 51.7. The molecule has 0 amide bonds. The van der Waals surface area contributed by atoms with Crippen molar-refractivity contribution in [3.05, 3.63) is 24.3 Å². The van der Waals surface area contributed by atoms with Crippen LogP contribution < -0.4 is 9.80 Å². The fraction of sp³-hybridized carbons (Fsp3) is 0.545. The van der Waals surface area contributed by atoms with E-state index < -0.39 is 23.9 Å². The van der Waals surface area contributed by atoms with Crippen LogP contribution >= 0.6 is 0 Å². The summed E-state index contributed by atoms with van der Waals surface area (Å²) in [6.07, 6.45) is 0. The van der Waals surface area contributed by atoms with Gasteiger partial charge in [0.05, 0.1) is 37.8 Å². The SMILES string of the molecule is CCOC(=O)CN(CC(=O)OCC)c1ccccc1N(CC(=O)OCC)CC(=O)OCC. The Morgan fingerprint density at radius 1 is 0.562 bits per heavy atom. The average molecular weight is 453 g/mol. The van der Waals surface area contributed by atoms with E-state index in [-0.39, 0.29) is 52.6 Å². The van der Waals surface area contributed by atoms with E-state index in [1.807, 2.05) is 0 Å². The second-order valence-corrected chi connectivity index (χ2v) is 6.42. The van der Waals surface area contributed by atoms with Gasteiger partial charge in [-0.2, -0.15) is 0 Å². The van der Waals surface area contributed by atoms with Gasteiger partial charge in [0.25, 0.3) is 0 Å². The van der Waals surface area contributed by atoms with Crippen molar-refractivity contribution in [2.45, 2.75) is 27.7 Å². The van der Waals surface area contributed by atoms with Gasteiger partial charge in [-0.3, -0.25) is 19.2 Å². The van der Waals surface area contributed by atoms with Gasteiger partial charge in [-0.15, -0.1) is 0 Å². The van der Waals surface area contributed by atoms with Crippen molar-refractivity contribution >= 4 is 35.3 Å². The van der Waals surface area contributed by atoms with Gasteiger partial charge in [0.2, 0.25) is 0 Å². The Morgan fingerprint density at radius 2 is 0.812 bits per heavy atom. The van der Waals surface area contributed by atoms with E-state index in [0.29, 0.717) is 11.4 Å². The molecule has 0 aliphatic carbocycles. The second-order valence-electron chi connectivity index (χ2n) is 6.42. The third-order valence-corrected chi connectivity index (χ3v) is 4.06. The van der Waals surface area contributed by atoms with Crippen molar-refractivity contribution in [1.29, 1.82) is 0 Å². The molecule has 32 heavy (non-hydrogen) atoms. The van der Waals surface area contributed by atoms with Crippen LogP contribution in [0.3, 0.4) is 0 Å². The zero-order chi connectivity index (χ0) is 23.9. The van der Waals surface area contributed by atoms with Crippen LogP contribution in [0, 0.1) is 0 Å². The van der Waals surface area contributed by atoms with E-state index in [2.05, 4.69) is 0 Å². The van der Waals surface area contributed by atoms with Crippen LogP contribution in [-0.4, -0.2) is 76.5 Å². The fourth-order valence-electron chi connectivity index (χ4n) is 2.90. The summed E-state index contributed by atoms with van der Waals surface area (Å²) in [6.45, 7) is 6.57. The zero-order valence-corrected chi connectivity index (χ0v) is 19.1. The Balaban J connectivity index is 3.35. The van der Waals surface area contributed by atoms with Crippen molar-refractivity contribution in [2.24, 2.45) is 0 Å². The summed E-state index contributed by atoms with van der Waals surface area (Å²) < 4.78 is 20.1. The first-order valence-electron chi connectivity index (χ1n) is 10.6. The molecule has 0 aromatic heterocycles. The molecule has 0 spiro atoms. The van der Waals surface area contributed by atoms with Gasteiger partial charge in [-0.05, 0) is 39.8 Å². The first kappa shape index (κ1) is 26.7. The van der Waals surface area contributed by atoms with E-state index in [4.69, 9.17) is 18.9 Å². The lowest BCUT2D eigenvalue weighted by atomic mass is 10.2.